The van der Waals surface area contributed by atoms with Gasteiger partial charge in [0.15, 0.2) is 17.3 Å². The average molecular weight is 418 g/mol. The molecule has 4 rings (SSSR count). The highest BCUT2D eigenvalue weighted by Crippen LogP contribution is 2.32. The van der Waals surface area contributed by atoms with Crippen LogP contribution in [-0.2, 0) is 23.1 Å². The first-order valence-electron chi connectivity index (χ1n) is 8.48. The molecule has 1 atom stereocenters. The summed E-state index contributed by atoms with van der Waals surface area (Å²) in [6, 6.07) is 15.6. The number of furan rings is 1. The number of amides is 1. The summed E-state index contributed by atoms with van der Waals surface area (Å²) in [6.07, 6.45) is 0. The molecule has 1 aliphatic rings. The van der Waals surface area contributed by atoms with Gasteiger partial charge in [0.1, 0.15) is 5.76 Å². The lowest BCUT2D eigenvalue weighted by molar-refractivity contribution is 0.0921. The number of ether oxygens (including phenoxy) is 2. The molecule has 0 bridgehead atoms. The first-order valence-corrected chi connectivity index (χ1v) is 10.2. The van der Waals surface area contributed by atoms with E-state index in [2.05, 4.69) is 5.32 Å². The van der Waals surface area contributed by atoms with Gasteiger partial charge in [-0.3, -0.25) is 9.00 Å². The van der Waals surface area contributed by atoms with E-state index in [4.69, 9.17) is 25.5 Å². The van der Waals surface area contributed by atoms with Crippen LogP contribution in [0.5, 0.6) is 11.5 Å². The molecule has 1 amide bonds. The predicted octanol–water partition coefficient (Wildman–Crippen LogP) is 3.90. The minimum Gasteiger partial charge on any atom is -0.455 e. The maximum absolute atomic E-state index is 12.5. The zero-order valence-corrected chi connectivity index (χ0v) is 16.2. The Kier molecular flexibility index (Phi) is 5.36. The summed E-state index contributed by atoms with van der Waals surface area (Å²) < 4.78 is 28.6. The smallest absolute Gasteiger partial charge is 0.287 e. The van der Waals surface area contributed by atoms with Gasteiger partial charge in [-0.2, -0.15) is 0 Å². The highest BCUT2D eigenvalue weighted by atomic mass is 35.5. The van der Waals surface area contributed by atoms with Crippen LogP contribution >= 0.6 is 11.6 Å². The van der Waals surface area contributed by atoms with Crippen molar-refractivity contribution >= 4 is 28.3 Å². The van der Waals surface area contributed by atoms with Gasteiger partial charge in [0.05, 0.1) is 26.5 Å². The molecule has 0 saturated heterocycles. The molecule has 6 nitrogen and oxygen atoms in total. The number of hydrogen-bond acceptors (Lipinski definition) is 5. The Morgan fingerprint density at radius 1 is 1.07 bits per heavy atom. The topological polar surface area (TPSA) is 77.8 Å². The molecule has 2 heterocycles. The predicted molar refractivity (Wildman–Crippen MR) is 104 cm³/mol. The number of benzene rings is 2. The number of fused-ring (bicyclic) bond motifs is 1. The van der Waals surface area contributed by atoms with Gasteiger partial charge in [-0.1, -0.05) is 29.8 Å². The van der Waals surface area contributed by atoms with E-state index < -0.39 is 10.8 Å². The standard InChI is InChI=1S/C20H16ClNO5S/c21-15-3-1-2-4-19(15)28(24)11-14-6-8-17(27-14)20(23)22-10-13-5-7-16-18(9-13)26-12-25-16/h1-9H,10-12H2,(H,22,23). The number of hydrogen-bond donors (Lipinski definition) is 1. The molecule has 28 heavy (non-hydrogen) atoms. The molecule has 0 saturated carbocycles. The first kappa shape index (κ1) is 18.6. The minimum absolute atomic E-state index is 0.138. The molecule has 2 aromatic carbocycles. The van der Waals surface area contributed by atoms with Gasteiger partial charge >= 0.3 is 0 Å². The van der Waals surface area contributed by atoms with Crippen LogP contribution in [0.25, 0.3) is 0 Å². The molecule has 0 fully saturated rings. The molecule has 1 aliphatic heterocycles. The van der Waals surface area contributed by atoms with Gasteiger partial charge in [0, 0.05) is 6.54 Å². The maximum Gasteiger partial charge on any atom is 0.287 e. The first-order chi connectivity index (χ1) is 13.6. The molecule has 1 aromatic heterocycles. The van der Waals surface area contributed by atoms with Crippen LogP contribution in [-0.4, -0.2) is 16.9 Å². The Hall–Kier alpha value is -2.77. The lowest BCUT2D eigenvalue weighted by Gasteiger charge is -2.05. The van der Waals surface area contributed by atoms with Crippen LogP contribution in [0.3, 0.4) is 0 Å². The van der Waals surface area contributed by atoms with E-state index in [0.717, 1.165) is 5.56 Å². The van der Waals surface area contributed by atoms with Gasteiger partial charge in [-0.15, -0.1) is 0 Å². The zero-order valence-electron chi connectivity index (χ0n) is 14.6. The summed E-state index contributed by atoms with van der Waals surface area (Å²) in [4.78, 5) is 12.9. The summed E-state index contributed by atoms with van der Waals surface area (Å²) in [6.45, 7) is 0.521. The Morgan fingerprint density at radius 3 is 2.75 bits per heavy atom. The number of halogens is 1. The summed E-state index contributed by atoms with van der Waals surface area (Å²) in [5, 5.41) is 3.23. The van der Waals surface area contributed by atoms with E-state index in [0.29, 0.717) is 33.7 Å². The Morgan fingerprint density at radius 2 is 1.89 bits per heavy atom. The molecule has 0 spiro atoms. The fraction of sp³-hybridized carbons (Fsp3) is 0.150. The Labute approximate surface area is 168 Å². The van der Waals surface area contributed by atoms with Crippen molar-refractivity contribution in [2.45, 2.75) is 17.2 Å². The molecular formula is C20H16ClNO5S. The van der Waals surface area contributed by atoms with Crippen LogP contribution in [0.15, 0.2) is 63.9 Å². The monoisotopic (exact) mass is 417 g/mol. The highest BCUT2D eigenvalue weighted by Gasteiger charge is 2.16. The third kappa shape index (κ3) is 4.05. The largest absolute Gasteiger partial charge is 0.455 e. The van der Waals surface area contributed by atoms with Crippen LogP contribution in [0, 0.1) is 0 Å². The van der Waals surface area contributed by atoms with Crippen molar-refractivity contribution in [3.8, 4) is 11.5 Å². The normalized spacial score (nSPS) is 13.3. The molecule has 144 valence electrons. The summed E-state index contributed by atoms with van der Waals surface area (Å²) >= 11 is 6.07. The number of rotatable bonds is 6. The van der Waals surface area contributed by atoms with Crippen molar-refractivity contribution in [3.63, 3.8) is 0 Å². The summed E-state index contributed by atoms with van der Waals surface area (Å²) in [5.41, 5.74) is 0.879. The van der Waals surface area contributed by atoms with Crippen LogP contribution in [0.1, 0.15) is 21.9 Å². The van der Waals surface area contributed by atoms with E-state index in [1.54, 1.807) is 42.5 Å². The Balaban J connectivity index is 1.36. The second kappa shape index (κ2) is 8.08. The van der Waals surface area contributed by atoms with Crippen molar-refractivity contribution in [3.05, 3.63) is 76.7 Å². The number of nitrogens with one attached hydrogen (secondary N) is 1. The van der Waals surface area contributed by atoms with Gasteiger partial charge in [-0.05, 0) is 42.0 Å². The second-order valence-corrected chi connectivity index (χ2v) is 7.88. The SMILES string of the molecule is O=C(NCc1ccc2c(c1)OCO2)c1ccc(CS(=O)c2ccccc2Cl)o1. The van der Waals surface area contributed by atoms with Crippen LogP contribution < -0.4 is 14.8 Å². The van der Waals surface area contributed by atoms with Crippen molar-refractivity contribution in [1.29, 1.82) is 0 Å². The quantitative estimate of drug-likeness (QED) is 0.658. The van der Waals surface area contributed by atoms with Gasteiger partial charge in [0.2, 0.25) is 6.79 Å². The van der Waals surface area contributed by atoms with E-state index in [1.807, 2.05) is 12.1 Å². The third-order valence-electron chi connectivity index (χ3n) is 4.13. The zero-order chi connectivity index (χ0) is 19.5. The minimum atomic E-state index is -1.36. The lowest BCUT2D eigenvalue weighted by atomic mass is 10.2. The average Bonchev–Trinajstić information content (AvgIpc) is 3.35. The van der Waals surface area contributed by atoms with Gasteiger partial charge < -0.3 is 19.2 Å². The molecule has 1 N–H and O–H groups in total. The van der Waals surface area contributed by atoms with Gasteiger partial charge in [0.25, 0.3) is 5.91 Å². The van der Waals surface area contributed by atoms with Crippen molar-refractivity contribution in [1.82, 2.24) is 5.32 Å². The van der Waals surface area contributed by atoms with Gasteiger partial charge in [-0.25, -0.2) is 0 Å². The fourth-order valence-corrected chi connectivity index (χ4v) is 4.21. The highest BCUT2D eigenvalue weighted by molar-refractivity contribution is 7.84. The van der Waals surface area contributed by atoms with Crippen molar-refractivity contribution in [2.24, 2.45) is 0 Å². The van der Waals surface area contributed by atoms with E-state index in [9.17, 15) is 9.00 Å². The molecule has 0 radical (unpaired) electrons. The van der Waals surface area contributed by atoms with Crippen LogP contribution in [0.4, 0.5) is 0 Å². The Bertz CT molecular complexity index is 1050. The molecule has 8 heteroatoms. The number of carbonyl (C=O) groups excluding carboxylic acids is 1. The maximum atomic E-state index is 12.5. The molecule has 1 unspecified atom stereocenters. The molecule has 3 aromatic rings. The molecule has 0 aliphatic carbocycles. The van der Waals surface area contributed by atoms with Crippen molar-refractivity contribution < 1.29 is 22.9 Å². The summed E-state index contributed by atoms with van der Waals surface area (Å²) in [7, 11) is -1.36. The summed E-state index contributed by atoms with van der Waals surface area (Å²) in [5.74, 6) is 1.75. The molecular weight excluding hydrogens is 402 g/mol. The van der Waals surface area contributed by atoms with E-state index in [1.165, 1.54) is 0 Å². The van der Waals surface area contributed by atoms with E-state index in [-0.39, 0.29) is 24.2 Å². The van der Waals surface area contributed by atoms with E-state index >= 15 is 0 Å². The second-order valence-electron chi connectivity index (χ2n) is 6.06. The third-order valence-corrected chi connectivity index (χ3v) is 5.97. The lowest BCUT2D eigenvalue weighted by Crippen LogP contribution is -2.22. The van der Waals surface area contributed by atoms with Crippen LogP contribution in [0.2, 0.25) is 5.02 Å². The van der Waals surface area contributed by atoms with Crippen molar-refractivity contribution in [2.75, 3.05) is 6.79 Å². The number of carbonyl (C=O) groups is 1. The fourth-order valence-electron chi connectivity index (χ4n) is 2.73.